The molecule has 0 aliphatic rings. The molecule has 0 saturated heterocycles. The van der Waals surface area contributed by atoms with Crippen LogP contribution in [0.15, 0.2) is 18.2 Å². The molecule has 2 nitrogen and oxygen atoms in total. The van der Waals surface area contributed by atoms with Gasteiger partial charge in [0.25, 0.3) is 0 Å². The Balaban J connectivity index is 2.86. The van der Waals surface area contributed by atoms with Gasteiger partial charge in [-0.15, -0.1) is 0 Å². The molecule has 14 heavy (non-hydrogen) atoms. The minimum absolute atomic E-state index is 0.0929. The second kappa shape index (κ2) is 4.47. The Kier molecular flexibility index (Phi) is 3.53. The summed E-state index contributed by atoms with van der Waals surface area (Å²) in [7, 11) is 3.50. The van der Waals surface area contributed by atoms with Crippen LogP contribution in [0.4, 0.5) is 0 Å². The molecular formula is C11H14ClNO. The van der Waals surface area contributed by atoms with E-state index in [9.17, 15) is 4.79 Å². The zero-order chi connectivity index (χ0) is 10.7. The summed E-state index contributed by atoms with van der Waals surface area (Å²) in [5.74, 6) is 0.0929. The fraction of sp³-hybridized carbons (Fsp3) is 0.364. The van der Waals surface area contributed by atoms with Gasteiger partial charge in [-0.2, -0.15) is 0 Å². The van der Waals surface area contributed by atoms with Gasteiger partial charge in [-0.1, -0.05) is 17.7 Å². The molecule has 3 heteroatoms. The fourth-order valence-corrected chi connectivity index (χ4v) is 1.35. The van der Waals surface area contributed by atoms with E-state index in [0.717, 1.165) is 11.1 Å². The summed E-state index contributed by atoms with van der Waals surface area (Å²) in [6.45, 7) is 1.98. The lowest BCUT2D eigenvalue weighted by molar-refractivity contribution is -0.127. The van der Waals surface area contributed by atoms with Crippen molar-refractivity contribution in [2.75, 3.05) is 14.1 Å². The number of amides is 1. The highest BCUT2D eigenvalue weighted by atomic mass is 35.5. The van der Waals surface area contributed by atoms with Crippen LogP contribution < -0.4 is 0 Å². The average molecular weight is 212 g/mol. The Bertz CT molecular complexity index is 347. The van der Waals surface area contributed by atoms with Crippen molar-refractivity contribution in [3.63, 3.8) is 0 Å². The van der Waals surface area contributed by atoms with Gasteiger partial charge >= 0.3 is 0 Å². The molecule has 0 aromatic heterocycles. The standard InChI is InChI=1S/C11H14ClNO/c1-8-4-5-10(12)6-9(8)7-11(14)13(2)3/h4-6H,7H2,1-3H3. The number of hydrogen-bond acceptors (Lipinski definition) is 1. The molecule has 0 saturated carbocycles. The van der Waals surface area contributed by atoms with Gasteiger partial charge in [-0.3, -0.25) is 4.79 Å². The van der Waals surface area contributed by atoms with Crippen LogP contribution in [-0.4, -0.2) is 24.9 Å². The second-order valence-electron chi connectivity index (χ2n) is 3.54. The highest BCUT2D eigenvalue weighted by molar-refractivity contribution is 6.30. The van der Waals surface area contributed by atoms with E-state index >= 15 is 0 Å². The maximum atomic E-state index is 11.5. The van der Waals surface area contributed by atoms with Crippen LogP contribution in [0.5, 0.6) is 0 Å². The Labute approximate surface area is 89.5 Å². The van der Waals surface area contributed by atoms with Crippen molar-refractivity contribution in [2.24, 2.45) is 0 Å². The van der Waals surface area contributed by atoms with E-state index in [1.807, 2.05) is 25.1 Å². The monoisotopic (exact) mass is 211 g/mol. The first-order valence-corrected chi connectivity index (χ1v) is 4.83. The first-order valence-electron chi connectivity index (χ1n) is 4.46. The molecule has 0 heterocycles. The first-order chi connectivity index (χ1) is 6.50. The van der Waals surface area contributed by atoms with Gasteiger partial charge < -0.3 is 4.90 Å². The molecule has 0 N–H and O–H groups in total. The number of aryl methyl sites for hydroxylation is 1. The van der Waals surface area contributed by atoms with Crippen molar-refractivity contribution in [3.8, 4) is 0 Å². The Morgan fingerprint density at radius 1 is 1.43 bits per heavy atom. The van der Waals surface area contributed by atoms with E-state index in [2.05, 4.69) is 0 Å². The minimum Gasteiger partial charge on any atom is -0.349 e. The molecular weight excluding hydrogens is 198 g/mol. The number of rotatable bonds is 2. The number of likely N-dealkylation sites (N-methyl/N-ethyl adjacent to an activating group) is 1. The molecule has 1 aromatic rings. The Hall–Kier alpha value is -1.02. The summed E-state index contributed by atoms with van der Waals surface area (Å²) in [6, 6.07) is 5.61. The summed E-state index contributed by atoms with van der Waals surface area (Å²) in [5.41, 5.74) is 2.10. The minimum atomic E-state index is 0.0929. The molecule has 1 aromatic carbocycles. The van der Waals surface area contributed by atoms with Crippen LogP contribution in [-0.2, 0) is 11.2 Å². The summed E-state index contributed by atoms with van der Waals surface area (Å²) in [4.78, 5) is 13.0. The zero-order valence-corrected chi connectivity index (χ0v) is 9.43. The summed E-state index contributed by atoms with van der Waals surface area (Å²) >= 11 is 5.85. The fourth-order valence-electron chi connectivity index (χ4n) is 1.15. The summed E-state index contributed by atoms with van der Waals surface area (Å²) < 4.78 is 0. The van der Waals surface area contributed by atoms with E-state index < -0.39 is 0 Å². The number of hydrogen-bond donors (Lipinski definition) is 0. The van der Waals surface area contributed by atoms with Gasteiger partial charge in [-0.05, 0) is 30.2 Å². The number of benzene rings is 1. The van der Waals surface area contributed by atoms with E-state index in [1.54, 1.807) is 19.0 Å². The lowest BCUT2D eigenvalue weighted by Crippen LogP contribution is -2.23. The van der Waals surface area contributed by atoms with Gasteiger partial charge in [0.05, 0.1) is 6.42 Å². The Morgan fingerprint density at radius 2 is 2.07 bits per heavy atom. The quantitative estimate of drug-likeness (QED) is 0.735. The predicted molar refractivity (Wildman–Crippen MR) is 58.6 cm³/mol. The van der Waals surface area contributed by atoms with E-state index in [1.165, 1.54) is 0 Å². The third-order valence-corrected chi connectivity index (χ3v) is 2.39. The van der Waals surface area contributed by atoms with Gasteiger partial charge in [0.15, 0.2) is 0 Å². The van der Waals surface area contributed by atoms with Gasteiger partial charge in [-0.25, -0.2) is 0 Å². The molecule has 0 radical (unpaired) electrons. The molecule has 0 atom stereocenters. The van der Waals surface area contributed by atoms with Crippen LogP contribution in [0.1, 0.15) is 11.1 Å². The van der Waals surface area contributed by atoms with Crippen molar-refractivity contribution in [3.05, 3.63) is 34.3 Å². The maximum Gasteiger partial charge on any atom is 0.226 e. The zero-order valence-electron chi connectivity index (χ0n) is 8.67. The number of nitrogens with zero attached hydrogens (tertiary/aromatic N) is 1. The SMILES string of the molecule is Cc1ccc(Cl)cc1CC(=O)N(C)C. The third-order valence-electron chi connectivity index (χ3n) is 2.15. The topological polar surface area (TPSA) is 20.3 Å². The van der Waals surface area contributed by atoms with Crippen molar-refractivity contribution >= 4 is 17.5 Å². The highest BCUT2D eigenvalue weighted by Gasteiger charge is 2.07. The number of carbonyl (C=O) groups is 1. The van der Waals surface area contributed by atoms with Crippen LogP contribution in [0.3, 0.4) is 0 Å². The largest absolute Gasteiger partial charge is 0.349 e. The van der Waals surface area contributed by atoms with Crippen molar-refractivity contribution in [1.29, 1.82) is 0 Å². The lowest BCUT2D eigenvalue weighted by Gasteiger charge is -2.11. The van der Waals surface area contributed by atoms with Gasteiger partial charge in [0.1, 0.15) is 0 Å². The van der Waals surface area contributed by atoms with Crippen LogP contribution >= 0.6 is 11.6 Å². The number of carbonyl (C=O) groups excluding carboxylic acids is 1. The molecule has 0 bridgehead atoms. The van der Waals surface area contributed by atoms with Crippen LogP contribution in [0.2, 0.25) is 5.02 Å². The van der Waals surface area contributed by atoms with E-state index in [4.69, 9.17) is 11.6 Å². The lowest BCUT2D eigenvalue weighted by atomic mass is 10.1. The molecule has 1 amide bonds. The van der Waals surface area contributed by atoms with Crippen LogP contribution in [0.25, 0.3) is 0 Å². The highest BCUT2D eigenvalue weighted by Crippen LogP contribution is 2.16. The molecule has 76 valence electrons. The number of halogens is 1. The van der Waals surface area contributed by atoms with Crippen molar-refractivity contribution < 1.29 is 4.79 Å². The van der Waals surface area contributed by atoms with Gasteiger partial charge in [0.2, 0.25) is 5.91 Å². The summed E-state index contributed by atoms with van der Waals surface area (Å²) in [6.07, 6.45) is 0.416. The second-order valence-corrected chi connectivity index (χ2v) is 3.97. The van der Waals surface area contributed by atoms with Gasteiger partial charge in [0, 0.05) is 19.1 Å². The Morgan fingerprint density at radius 3 is 2.64 bits per heavy atom. The van der Waals surface area contributed by atoms with E-state index in [-0.39, 0.29) is 5.91 Å². The summed E-state index contributed by atoms with van der Waals surface area (Å²) in [5, 5.41) is 0.678. The smallest absolute Gasteiger partial charge is 0.226 e. The molecule has 0 aliphatic heterocycles. The first kappa shape index (κ1) is 11.1. The van der Waals surface area contributed by atoms with Crippen molar-refractivity contribution in [2.45, 2.75) is 13.3 Å². The average Bonchev–Trinajstić information content (AvgIpc) is 2.11. The van der Waals surface area contributed by atoms with E-state index in [0.29, 0.717) is 11.4 Å². The maximum absolute atomic E-state index is 11.5. The molecule has 0 spiro atoms. The third kappa shape index (κ3) is 2.74. The normalized spacial score (nSPS) is 10.0. The molecule has 0 aliphatic carbocycles. The predicted octanol–water partition coefficient (Wildman–Crippen LogP) is 2.28. The molecule has 0 unspecified atom stereocenters. The van der Waals surface area contributed by atoms with Crippen molar-refractivity contribution in [1.82, 2.24) is 4.90 Å². The van der Waals surface area contributed by atoms with Crippen LogP contribution in [0, 0.1) is 6.92 Å². The molecule has 1 rings (SSSR count). The molecule has 0 fully saturated rings.